The largest absolute Gasteiger partial charge is 0.433 e. The molecule has 0 aliphatic heterocycles. The summed E-state index contributed by atoms with van der Waals surface area (Å²) >= 11 is 0. The smallest absolute Gasteiger partial charge is 0.387 e. The Labute approximate surface area is 111 Å². The summed E-state index contributed by atoms with van der Waals surface area (Å²) in [5.74, 6) is -0.377. The Morgan fingerprint density at radius 3 is 2.58 bits per heavy atom. The molecule has 2 N–H and O–H groups in total. The van der Waals surface area contributed by atoms with Gasteiger partial charge in [0.2, 0.25) is 5.91 Å². The number of anilines is 1. The van der Waals surface area contributed by atoms with Gasteiger partial charge in [-0.1, -0.05) is 19.1 Å². The zero-order valence-corrected chi connectivity index (χ0v) is 11.2. The maximum absolute atomic E-state index is 12.2. The molecule has 0 saturated heterocycles. The van der Waals surface area contributed by atoms with Crippen LogP contribution in [0.15, 0.2) is 24.3 Å². The van der Waals surface area contributed by atoms with Gasteiger partial charge in [0, 0.05) is 0 Å². The van der Waals surface area contributed by atoms with E-state index in [9.17, 15) is 13.6 Å². The van der Waals surface area contributed by atoms with Crippen molar-refractivity contribution < 1.29 is 18.3 Å². The minimum atomic E-state index is -2.93. The molecule has 0 aromatic heterocycles. The molecule has 1 amide bonds. The molecule has 1 aromatic carbocycles. The third-order valence-electron chi connectivity index (χ3n) is 2.54. The summed E-state index contributed by atoms with van der Waals surface area (Å²) in [4.78, 5) is 12.0. The van der Waals surface area contributed by atoms with Gasteiger partial charge in [0.1, 0.15) is 5.75 Å². The van der Waals surface area contributed by atoms with Crippen molar-refractivity contribution in [2.45, 2.75) is 32.9 Å². The molecular weight excluding hydrogens is 254 g/mol. The molecule has 0 fully saturated rings. The Hall–Kier alpha value is -1.69. The SMILES string of the molecule is CCNC(C)(C)C(=O)Nc1ccccc1OC(F)F. The van der Waals surface area contributed by atoms with Gasteiger partial charge in [0.25, 0.3) is 0 Å². The number of benzene rings is 1. The number of alkyl halides is 2. The van der Waals surface area contributed by atoms with Crippen molar-refractivity contribution in [3.05, 3.63) is 24.3 Å². The highest BCUT2D eigenvalue weighted by atomic mass is 19.3. The Morgan fingerprint density at radius 1 is 1.37 bits per heavy atom. The predicted octanol–water partition coefficient (Wildman–Crippen LogP) is 2.61. The van der Waals surface area contributed by atoms with Gasteiger partial charge >= 0.3 is 6.61 Å². The third kappa shape index (κ3) is 4.48. The zero-order valence-electron chi connectivity index (χ0n) is 11.2. The third-order valence-corrected chi connectivity index (χ3v) is 2.54. The first-order valence-electron chi connectivity index (χ1n) is 5.97. The van der Waals surface area contributed by atoms with Crippen LogP contribution in [0.3, 0.4) is 0 Å². The highest BCUT2D eigenvalue weighted by Gasteiger charge is 2.27. The van der Waals surface area contributed by atoms with Crippen LogP contribution in [-0.4, -0.2) is 24.6 Å². The van der Waals surface area contributed by atoms with Crippen LogP contribution in [0.2, 0.25) is 0 Å². The van der Waals surface area contributed by atoms with Crippen molar-refractivity contribution >= 4 is 11.6 Å². The average Bonchev–Trinajstić information content (AvgIpc) is 2.30. The van der Waals surface area contributed by atoms with Crippen LogP contribution < -0.4 is 15.4 Å². The molecule has 19 heavy (non-hydrogen) atoms. The summed E-state index contributed by atoms with van der Waals surface area (Å²) < 4.78 is 28.8. The molecule has 0 spiro atoms. The maximum Gasteiger partial charge on any atom is 0.387 e. The molecular formula is C13H18F2N2O2. The first-order valence-corrected chi connectivity index (χ1v) is 5.97. The quantitative estimate of drug-likeness (QED) is 0.837. The number of carbonyl (C=O) groups excluding carboxylic acids is 1. The van der Waals surface area contributed by atoms with Gasteiger partial charge in [-0.05, 0) is 32.5 Å². The lowest BCUT2D eigenvalue weighted by molar-refractivity contribution is -0.121. The maximum atomic E-state index is 12.2. The summed E-state index contributed by atoms with van der Waals surface area (Å²) in [6.07, 6.45) is 0. The van der Waals surface area contributed by atoms with Gasteiger partial charge in [-0.25, -0.2) is 0 Å². The molecule has 0 heterocycles. The molecule has 0 unspecified atom stereocenters. The first-order chi connectivity index (χ1) is 8.86. The van der Waals surface area contributed by atoms with Crippen LogP contribution >= 0.6 is 0 Å². The van der Waals surface area contributed by atoms with E-state index in [-0.39, 0.29) is 17.3 Å². The number of likely N-dealkylation sites (N-methyl/N-ethyl adjacent to an activating group) is 1. The summed E-state index contributed by atoms with van der Waals surface area (Å²) in [5.41, 5.74) is -0.578. The molecule has 1 rings (SSSR count). The molecule has 1 aromatic rings. The molecule has 106 valence electrons. The second-order valence-electron chi connectivity index (χ2n) is 4.48. The minimum absolute atomic E-state index is 0.0573. The van der Waals surface area contributed by atoms with Crippen LogP contribution in [-0.2, 0) is 4.79 Å². The highest BCUT2D eigenvalue weighted by molar-refractivity contribution is 5.98. The lowest BCUT2D eigenvalue weighted by atomic mass is 10.0. The molecule has 0 aliphatic carbocycles. The molecule has 0 saturated carbocycles. The minimum Gasteiger partial charge on any atom is -0.433 e. The Kier molecular flexibility index (Phi) is 5.23. The van der Waals surface area contributed by atoms with Crippen LogP contribution in [0.25, 0.3) is 0 Å². The molecule has 0 radical (unpaired) electrons. The van der Waals surface area contributed by atoms with Gasteiger partial charge in [0.05, 0.1) is 11.2 Å². The van der Waals surface area contributed by atoms with Crippen LogP contribution in [0.1, 0.15) is 20.8 Å². The Morgan fingerprint density at radius 2 is 2.00 bits per heavy atom. The van der Waals surface area contributed by atoms with Gasteiger partial charge in [-0.15, -0.1) is 0 Å². The van der Waals surface area contributed by atoms with Crippen LogP contribution in [0.5, 0.6) is 5.75 Å². The van der Waals surface area contributed by atoms with Crippen molar-refractivity contribution in [1.82, 2.24) is 5.32 Å². The zero-order chi connectivity index (χ0) is 14.5. The Balaban J connectivity index is 2.84. The number of carbonyl (C=O) groups is 1. The second-order valence-corrected chi connectivity index (χ2v) is 4.48. The van der Waals surface area contributed by atoms with E-state index in [2.05, 4.69) is 15.4 Å². The van der Waals surface area contributed by atoms with Gasteiger partial charge < -0.3 is 15.4 Å². The van der Waals surface area contributed by atoms with Gasteiger partial charge in [-0.3, -0.25) is 4.79 Å². The number of halogens is 2. The fraction of sp³-hybridized carbons (Fsp3) is 0.462. The van der Waals surface area contributed by atoms with Crippen LogP contribution in [0, 0.1) is 0 Å². The number of hydrogen-bond donors (Lipinski definition) is 2. The number of amides is 1. The number of nitrogens with one attached hydrogen (secondary N) is 2. The molecule has 6 heteroatoms. The van der Waals surface area contributed by atoms with Crippen molar-refractivity contribution in [3.63, 3.8) is 0 Å². The molecule has 0 atom stereocenters. The van der Waals surface area contributed by atoms with Gasteiger partial charge in [0.15, 0.2) is 0 Å². The van der Waals surface area contributed by atoms with Crippen molar-refractivity contribution in [2.75, 3.05) is 11.9 Å². The second kappa shape index (κ2) is 6.47. The van der Waals surface area contributed by atoms with E-state index in [1.54, 1.807) is 26.0 Å². The Bertz CT molecular complexity index is 436. The van der Waals surface area contributed by atoms with Crippen molar-refractivity contribution in [1.29, 1.82) is 0 Å². The average molecular weight is 272 g/mol. The number of rotatable bonds is 6. The molecule has 0 aliphatic rings. The molecule has 4 nitrogen and oxygen atoms in total. The lowest BCUT2D eigenvalue weighted by Crippen LogP contribution is -2.49. The summed E-state index contributed by atoms with van der Waals surface area (Å²) in [5, 5.41) is 5.58. The lowest BCUT2D eigenvalue weighted by Gasteiger charge is -2.25. The topological polar surface area (TPSA) is 50.4 Å². The number of para-hydroxylation sites is 2. The van der Waals surface area contributed by atoms with Gasteiger partial charge in [-0.2, -0.15) is 8.78 Å². The predicted molar refractivity (Wildman–Crippen MR) is 69.5 cm³/mol. The summed E-state index contributed by atoms with van der Waals surface area (Å²) in [7, 11) is 0. The van der Waals surface area contributed by atoms with E-state index in [0.717, 1.165) is 0 Å². The van der Waals surface area contributed by atoms with Crippen LogP contribution in [0.4, 0.5) is 14.5 Å². The van der Waals surface area contributed by atoms with Crippen molar-refractivity contribution in [2.24, 2.45) is 0 Å². The van der Waals surface area contributed by atoms with Crippen molar-refractivity contribution in [3.8, 4) is 5.75 Å². The van der Waals surface area contributed by atoms with E-state index in [0.29, 0.717) is 6.54 Å². The normalized spacial score (nSPS) is 11.5. The summed E-state index contributed by atoms with van der Waals surface area (Å²) in [6, 6.07) is 6.08. The molecule has 0 bridgehead atoms. The number of ether oxygens (including phenoxy) is 1. The standard InChI is InChI=1S/C13H18F2N2O2/c1-4-16-13(2,3)11(18)17-9-7-5-6-8-10(9)19-12(14)15/h5-8,12,16H,4H2,1-3H3,(H,17,18). The fourth-order valence-corrected chi connectivity index (χ4v) is 1.57. The van der Waals surface area contributed by atoms with E-state index in [1.165, 1.54) is 12.1 Å². The fourth-order valence-electron chi connectivity index (χ4n) is 1.57. The monoisotopic (exact) mass is 272 g/mol. The van der Waals surface area contributed by atoms with E-state index in [4.69, 9.17) is 0 Å². The first kappa shape index (κ1) is 15.4. The van der Waals surface area contributed by atoms with E-state index in [1.807, 2.05) is 6.92 Å². The highest BCUT2D eigenvalue weighted by Crippen LogP contribution is 2.26. The van der Waals surface area contributed by atoms with E-state index < -0.39 is 12.2 Å². The van der Waals surface area contributed by atoms with E-state index >= 15 is 0 Å². The number of hydrogen-bond acceptors (Lipinski definition) is 3. The summed E-state index contributed by atoms with van der Waals surface area (Å²) in [6.45, 7) is 2.99.